The second-order valence-electron chi connectivity index (χ2n) is 6.34. The maximum absolute atomic E-state index is 9.75. The zero-order valence-corrected chi connectivity index (χ0v) is 18.6. The number of rotatable bonds is 7. The van der Waals surface area contributed by atoms with Crippen LogP contribution in [-0.2, 0) is 6.42 Å². The molecule has 7 heteroatoms. The van der Waals surface area contributed by atoms with E-state index >= 15 is 0 Å². The number of nitrogens with zero attached hydrogens (tertiary/aromatic N) is 2. The van der Waals surface area contributed by atoms with Gasteiger partial charge in [0.15, 0.2) is 5.96 Å². The Morgan fingerprint density at radius 3 is 2.67 bits per heavy atom. The van der Waals surface area contributed by atoms with E-state index in [1.54, 1.807) is 6.26 Å². The quantitative estimate of drug-likeness (QED) is 0.200. The number of aliphatic hydroxyl groups excluding tert-OH is 1. The van der Waals surface area contributed by atoms with Crippen LogP contribution in [0.1, 0.15) is 18.6 Å². The Kier molecular flexibility index (Phi) is 10.1. The molecule has 0 atom stereocenters. The lowest BCUT2D eigenvalue weighted by Crippen LogP contribution is -2.47. The molecule has 0 saturated carbocycles. The number of piperidine rings is 1. The zero-order chi connectivity index (χ0) is 18.0. The monoisotopic (exact) mass is 501 g/mol. The molecule has 1 aliphatic heterocycles. The van der Waals surface area contributed by atoms with Crippen LogP contribution in [0, 0.1) is 0 Å². The lowest BCUT2D eigenvalue weighted by Gasteiger charge is -2.32. The van der Waals surface area contributed by atoms with Crippen LogP contribution >= 0.6 is 35.7 Å². The predicted molar refractivity (Wildman–Crippen MR) is 122 cm³/mol. The topological polar surface area (TPSA) is 61.0 Å². The molecule has 5 nitrogen and oxygen atoms in total. The van der Waals surface area contributed by atoms with Crippen LogP contribution in [-0.4, -0.2) is 54.0 Å². The molecule has 1 fully saturated rings. The minimum Gasteiger partial charge on any atom is -0.469 e. The maximum atomic E-state index is 9.75. The number of hydrogen-bond donors (Lipinski definition) is 2. The number of aliphatic imine (C=N–C) groups is 1. The van der Waals surface area contributed by atoms with E-state index in [4.69, 9.17) is 9.41 Å². The van der Waals surface area contributed by atoms with Gasteiger partial charge in [-0.15, -0.1) is 35.7 Å². The fraction of sp³-hybridized carbons (Fsp3) is 0.450. The fourth-order valence-corrected chi connectivity index (χ4v) is 3.71. The molecule has 1 saturated heterocycles. The van der Waals surface area contributed by atoms with Gasteiger partial charge in [0.25, 0.3) is 0 Å². The average molecular weight is 501 g/mol. The van der Waals surface area contributed by atoms with Crippen LogP contribution in [0.2, 0.25) is 0 Å². The van der Waals surface area contributed by atoms with Crippen LogP contribution < -0.4 is 5.32 Å². The third kappa shape index (κ3) is 7.75. The van der Waals surface area contributed by atoms with Gasteiger partial charge >= 0.3 is 0 Å². The van der Waals surface area contributed by atoms with Gasteiger partial charge in [-0.25, -0.2) is 0 Å². The molecule has 1 aliphatic rings. The largest absolute Gasteiger partial charge is 0.469 e. The SMILES string of the molecule is I.OC1CCN(C(=NCCc2ccco2)NCCSc2ccccc2)CC1. The van der Waals surface area contributed by atoms with Gasteiger partial charge in [0.1, 0.15) is 5.76 Å². The summed E-state index contributed by atoms with van der Waals surface area (Å²) in [5.41, 5.74) is 0. The number of halogens is 1. The molecular formula is C20H28IN3O2S. The molecule has 0 amide bonds. The number of guanidine groups is 1. The van der Waals surface area contributed by atoms with Gasteiger partial charge in [-0.2, -0.15) is 0 Å². The van der Waals surface area contributed by atoms with Crippen LogP contribution in [0.15, 0.2) is 63.0 Å². The van der Waals surface area contributed by atoms with Gasteiger partial charge in [-0.3, -0.25) is 4.99 Å². The van der Waals surface area contributed by atoms with Crippen LogP contribution in [0.5, 0.6) is 0 Å². The maximum Gasteiger partial charge on any atom is 0.193 e. The van der Waals surface area contributed by atoms with Crippen molar-refractivity contribution in [3.63, 3.8) is 0 Å². The van der Waals surface area contributed by atoms with Gasteiger partial charge in [-0.05, 0) is 37.1 Å². The highest BCUT2D eigenvalue weighted by atomic mass is 127. The number of nitrogens with one attached hydrogen (secondary N) is 1. The first-order valence-corrected chi connectivity index (χ1v) is 10.2. The lowest BCUT2D eigenvalue weighted by atomic mass is 10.1. The van der Waals surface area contributed by atoms with Gasteiger partial charge in [0, 0.05) is 43.2 Å². The summed E-state index contributed by atoms with van der Waals surface area (Å²) in [6.07, 6.45) is 3.93. The molecule has 148 valence electrons. The standard InChI is InChI=1S/C20H27N3O2S.HI/c24-17-9-13-23(14-10-17)20(21-11-8-18-5-4-15-25-18)22-12-16-26-19-6-2-1-3-7-19;/h1-7,15,17,24H,8-14,16H2,(H,21,22);1H. The van der Waals surface area contributed by atoms with E-state index < -0.39 is 0 Å². The third-order valence-electron chi connectivity index (χ3n) is 4.36. The van der Waals surface area contributed by atoms with Crippen molar-refractivity contribution < 1.29 is 9.52 Å². The molecular weight excluding hydrogens is 473 g/mol. The van der Waals surface area contributed by atoms with Crippen molar-refractivity contribution in [3.8, 4) is 0 Å². The Hall–Kier alpha value is -1.19. The Labute approximate surface area is 182 Å². The highest BCUT2D eigenvalue weighted by Crippen LogP contribution is 2.16. The van der Waals surface area contributed by atoms with Crippen LogP contribution in [0.25, 0.3) is 0 Å². The first kappa shape index (κ1) is 22.1. The number of thioether (sulfide) groups is 1. The van der Waals surface area contributed by atoms with Crippen molar-refractivity contribution in [2.45, 2.75) is 30.3 Å². The summed E-state index contributed by atoms with van der Waals surface area (Å²) < 4.78 is 5.38. The highest BCUT2D eigenvalue weighted by Gasteiger charge is 2.19. The van der Waals surface area contributed by atoms with Crippen molar-refractivity contribution >= 4 is 41.7 Å². The molecule has 2 aromatic rings. The van der Waals surface area contributed by atoms with E-state index in [2.05, 4.69) is 34.5 Å². The summed E-state index contributed by atoms with van der Waals surface area (Å²) in [4.78, 5) is 8.31. The Morgan fingerprint density at radius 1 is 1.19 bits per heavy atom. The van der Waals surface area contributed by atoms with Crippen molar-refractivity contribution in [2.75, 3.05) is 31.9 Å². The summed E-state index contributed by atoms with van der Waals surface area (Å²) in [6.45, 7) is 3.25. The number of hydrogen-bond acceptors (Lipinski definition) is 4. The molecule has 1 aromatic heterocycles. The molecule has 0 bridgehead atoms. The van der Waals surface area contributed by atoms with Crippen LogP contribution in [0.4, 0.5) is 0 Å². The third-order valence-corrected chi connectivity index (χ3v) is 5.37. The van der Waals surface area contributed by atoms with E-state index in [9.17, 15) is 5.11 Å². The molecule has 0 aliphatic carbocycles. The van der Waals surface area contributed by atoms with Crippen molar-refractivity contribution in [2.24, 2.45) is 4.99 Å². The van der Waals surface area contributed by atoms with E-state index in [-0.39, 0.29) is 30.1 Å². The van der Waals surface area contributed by atoms with Crippen LogP contribution in [0.3, 0.4) is 0 Å². The first-order valence-electron chi connectivity index (χ1n) is 9.23. The van der Waals surface area contributed by atoms with Gasteiger partial charge in [0.05, 0.1) is 12.4 Å². The smallest absolute Gasteiger partial charge is 0.193 e. The van der Waals surface area contributed by atoms with E-state index in [1.165, 1.54) is 4.90 Å². The van der Waals surface area contributed by atoms with Gasteiger partial charge in [-0.1, -0.05) is 18.2 Å². The normalized spacial score (nSPS) is 15.4. The highest BCUT2D eigenvalue weighted by molar-refractivity contribution is 14.0. The number of furan rings is 1. The summed E-state index contributed by atoms with van der Waals surface area (Å²) >= 11 is 1.84. The number of benzene rings is 1. The average Bonchev–Trinajstić information content (AvgIpc) is 3.19. The van der Waals surface area contributed by atoms with Gasteiger partial charge in [0.2, 0.25) is 0 Å². The number of aliphatic hydroxyl groups is 1. The minimum atomic E-state index is -0.177. The number of likely N-dealkylation sites (tertiary alicyclic amines) is 1. The van der Waals surface area contributed by atoms with E-state index in [1.807, 2.05) is 30.0 Å². The Morgan fingerprint density at radius 2 is 1.96 bits per heavy atom. The molecule has 2 heterocycles. The molecule has 0 spiro atoms. The van der Waals surface area contributed by atoms with Gasteiger partial charge < -0.3 is 19.7 Å². The molecule has 27 heavy (non-hydrogen) atoms. The lowest BCUT2D eigenvalue weighted by molar-refractivity contribution is 0.108. The second kappa shape index (κ2) is 12.3. The van der Waals surface area contributed by atoms with Crippen molar-refractivity contribution in [1.29, 1.82) is 0 Å². The zero-order valence-electron chi connectivity index (χ0n) is 15.4. The van der Waals surface area contributed by atoms with Crippen molar-refractivity contribution in [1.82, 2.24) is 10.2 Å². The van der Waals surface area contributed by atoms with E-state index in [0.29, 0.717) is 6.54 Å². The summed E-state index contributed by atoms with van der Waals surface area (Å²) in [6, 6.07) is 14.3. The minimum absolute atomic E-state index is 0. The molecule has 0 unspecified atom stereocenters. The summed E-state index contributed by atoms with van der Waals surface area (Å²) in [7, 11) is 0. The fourth-order valence-electron chi connectivity index (χ4n) is 2.92. The van der Waals surface area contributed by atoms with Crippen molar-refractivity contribution in [3.05, 3.63) is 54.5 Å². The first-order chi connectivity index (χ1) is 12.8. The van der Waals surface area contributed by atoms with E-state index in [0.717, 1.165) is 56.4 Å². The Bertz CT molecular complexity index is 659. The summed E-state index contributed by atoms with van der Waals surface area (Å²) in [5, 5.41) is 13.2. The summed E-state index contributed by atoms with van der Waals surface area (Å²) in [5.74, 6) is 2.89. The molecule has 1 aromatic carbocycles. The molecule has 3 rings (SSSR count). The predicted octanol–water partition coefficient (Wildman–Crippen LogP) is 3.63. The Balaban J connectivity index is 0.00000261. The second-order valence-corrected chi connectivity index (χ2v) is 7.51. The molecule has 2 N–H and O–H groups in total. The molecule has 0 radical (unpaired) electrons.